The molecule has 1 aliphatic heterocycles. The normalized spacial score (nSPS) is 20.1. The first kappa shape index (κ1) is 14.7. The second-order valence-electron chi connectivity index (χ2n) is 3.78. The Balaban J connectivity index is 1.98. The Labute approximate surface area is 121 Å². The average molecular weight is 312 g/mol. The molecule has 2 rings (SSSR count). The van der Waals surface area contributed by atoms with Crippen molar-refractivity contribution >= 4 is 40.9 Å². The van der Waals surface area contributed by atoms with Gasteiger partial charge in [0.1, 0.15) is 10.2 Å². The molecule has 1 amide bonds. The van der Waals surface area contributed by atoms with Crippen LogP contribution in [0, 0.1) is 10.1 Å². The number of hydrogen-bond acceptors (Lipinski definition) is 8. The first-order valence-corrected chi connectivity index (χ1v) is 6.38. The first-order valence-electron chi connectivity index (χ1n) is 5.50. The van der Waals surface area contributed by atoms with Crippen LogP contribution in [0.25, 0.3) is 0 Å². The van der Waals surface area contributed by atoms with Gasteiger partial charge >= 0.3 is 11.9 Å². The number of nitrogens with one attached hydrogen (secondary N) is 1. The quantitative estimate of drug-likeness (QED) is 0.459. The predicted octanol–water partition coefficient (Wildman–Crippen LogP) is 0.584. The van der Waals surface area contributed by atoms with E-state index in [1.165, 1.54) is 12.1 Å². The molecule has 0 spiro atoms. The molecule has 1 saturated heterocycles. The summed E-state index contributed by atoms with van der Waals surface area (Å²) in [6.07, 6.45) is 0.820. The van der Waals surface area contributed by atoms with Crippen LogP contribution >= 0.6 is 11.8 Å². The lowest BCUT2D eigenvalue weighted by Crippen LogP contribution is -2.26. The number of hydrogen-bond donors (Lipinski definition) is 2. The number of furan rings is 1. The van der Waals surface area contributed by atoms with Crippen molar-refractivity contribution in [1.29, 1.82) is 0 Å². The van der Waals surface area contributed by atoms with E-state index in [2.05, 4.69) is 15.5 Å². The zero-order valence-electron chi connectivity index (χ0n) is 10.3. The standard InChI is InChI=1S/C10H8N4O6S/c15-8(16)3-6-9(17)12-10(21-6)13-11-4-5-1-2-7(20-5)14(18)19/h1-2,4,6H,3H2,(H,15,16)(H,12,13,17)/b11-4+. The summed E-state index contributed by atoms with van der Waals surface area (Å²) < 4.78 is 4.82. The van der Waals surface area contributed by atoms with Crippen LogP contribution in [0.5, 0.6) is 0 Å². The van der Waals surface area contributed by atoms with Crippen LogP contribution in [0.3, 0.4) is 0 Å². The molecule has 110 valence electrons. The van der Waals surface area contributed by atoms with Crippen molar-refractivity contribution in [2.75, 3.05) is 0 Å². The fourth-order valence-corrected chi connectivity index (χ4v) is 2.31. The largest absolute Gasteiger partial charge is 0.481 e. The van der Waals surface area contributed by atoms with Gasteiger partial charge in [-0.1, -0.05) is 11.8 Å². The van der Waals surface area contributed by atoms with Gasteiger partial charge in [0.15, 0.2) is 10.9 Å². The number of carboxylic acids is 1. The van der Waals surface area contributed by atoms with E-state index < -0.39 is 27.9 Å². The highest BCUT2D eigenvalue weighted by atomic mass is 32.2. The van der Waals surface area contributed by atoms with E-state index in [1.807, 2.05) is 0 Å². The number of thioether (sulfide) groups is 1. The van der Waals surface area contributed by atoms with Crippen LogP contribution in [0.2, 0.25) is 0 Å². The third-order valence-electron chi connectivity index (χ3n) is 2.26. The highest BCUT2D eigenvalue weighted by molar-refractivity contribution is 8.15. The molecule has 11 heteroatoms. The SMILES string of the molecule is O=C(O)CC1S/C(=N/N=C/c2ccc([N+](=O)[O-])o2)NC1=O. The Kier molecular flexibility index (Phi) is 4.33. The van der Waals surface area contributed by atoms with Gasteiger partial charge in [-0.25, -0.2) is 0 Å². The first-order chi connectivity index (χ1) is 9.95. The number of rotatable bonds is 5. The van der Waals surface area contributed by atoms with Gasteiger partial charge in [0.05, 0.1) is 18.7 Å². The fourth-order valence-electron chi connectivity index (χ4n) is 1.39. The second kappa shape index (κ2) is 6.17. The number of carbonyl (C=O) groups is 2. The molecule has 1 aliphatic rings. The number of amidine groups is 1. The van der Waals surface area contributed by atoms with Crippen molar-refractivity contribution in [3.63, 3.8) is 0 Å². The third kappa shape index (κ3) is 3.89. The van der Waals surface area contributed by atoms with Crippen LogP contribution in [0.4, 0.5) is 5.88 Å². The van der Waals surface area contributed by atoms with Crippen LogP contribution < -0.4 is 5.32 Å². The van der Waals surface area contributed by atoms with Gasteiger partial charge in [-0.2, -0.15) is 5.10 Å². The zero-order valence-corrected chi connectivity index (χ0v) is 11.1. The van der Waals surface area contributed by atoms with Crippen LogP contribution in [-0.4, -0.2) is 38.5 Å². The van der Waals surface area contributed by atoms with Gasteiger partial charge in [-0.3, -0.25) is 19.7 Å². The van der Waals surface area contributed by atoms with Crippen LogP contribution in [0.15, 0.2) is 26.8 Å². The van der Waals surface area contributed by atoms with E-state index >= 15 is 0 Å². The molecule has 21 heavy (non-hydrogen) atoms. The number of carbonyl (C=O) groups excluding carboxylic acids is 1. The van der Waals surface area contributed by atoms with Crippen LogP contribution in [-0.2, 0) is 9.59 Å². The Morgan fingerprint density at radius 3 is 3.00 bits per heavy atom. The topological polar surface area (TPSA) is 147 Å². The Morgan fingerprint density at radius 1 is 1.62 bits per heavy atom. The summed E-state index contributed by atoms with van der Waals surface area (Å²) in [6, 6.07) is 2.51. The van der Waals surface area contributed by atoms with Gasteiger partial charge in [0, 0.05) is 0 Å². The van der Waals surface area contributed by atoms with Gasteiger partial charge in [0.25, 0.3) is 0 Å². The maximum atomic E-state index is 11.4. The monoisotopic (exact) mass is 312 g/mol. The smallest absolute Gasteiger partial charge is 0.433 e. The Hall–Kier alpha value is -2.69. The number of carboxylic acid groups (broad SMARTS) is 1. The Morgan fingerprint density at radius 2 is 2.38 bits per heavy atom. The molecule has 2 N–H and O–H groups in total. The van der Waals surface area contributed by atoms with E-state index in [4.69, 9.17) is 9.52 Å². The fraction of sp³-hybridized carbons (Fsp3) is 0.200. The lowest BCUT2D eigenvalue weighted by atomic mass is 10.3. The third-order valence-corrected chi connectivity index (χ3v) is 3.33. The van der Waals surface area contributed by atoms with E-state index in [-0.39, 0.29) is 17.3 Å². The minimum Gasteiger partial charge on any atom is -0.481 e. The predicted molar refractivity (Wildman–Crippen MR) is 72.2 cm³/mol. The minimum absolute atomic E-state index is 0.127. The molecule has 2 heterocycles. The molecule has 1 unspecified atom stereocenters. The number of nitrogens with zero attached hydrogens (tertiary/aromatic N) is 3. The summed E-state index contributed by atoms with van der Waals surface area (Å²) in [6.45, 7) is 0. The molecule has 1 atom stereocenters. The zero-order chi connectivity index (χ0) is 15.4. The highest BCUT2D eigenvalue weighted by Gasteiger charge is 2.32. The molecule has 0 aliphatic carbocycles. The van der Waals surface area contributed by atoms with Crippen molar-refractivity contribution in [2.45, 2.75) is 11.7 Å². The lowest BCUT2D eigenvalue weighted by molar-refractivity contribution is -0.402. The number of aliphatic carboxylic acids is 1. The van der Waals surface area contributed by atoms with Crippen LogP contribution in [0.1, 0.15) is 12.2 Å². The summed E-state index contributed by atoms with van der Waals surface area (Å²) >= 11 is 0.948. The summed E-state index contributed by atoms with van der Waals surface area (Å²) in [7, 11) is 0. The average Bonchev–Trinajstić information content (AvgIpc) is 2.97. The molecule has 1 fully saturated rings. The molecule has 1 aromatic heterocycles. The molecule has 0 aromatic carbocycles. The summed E-state index contributed by atoms with van der Waals surface area (Å²) in [4.78, 5) is 31.7. The summed E-state index contributed by atoms with van der Waals surface area (Å²) in [5.74, 6) is -1.84. The van der Waals surface area contributed by atoms with E-state index in [1.54, 1.807) is 0 Å². The Bertz CT molecular complexity index is 652. The summed E-state index contributed by atoms with van der Waals surface area (Å²) in [5.41, 5.74) is 0. The number of amides is 1. The van der Waals surface area contributed by atoms with Crippen molar-refractivity contribution in [3.8, 4) is 0 Å². The molecule has 0 radical (unpaired) electrons. The number of nitro groups is 1. The molecular weight excluding hydrogens is 304 g/mol. The van der Waals surface area contributed by atoms with Crippen molar-refractivity contribution < 1.29 is 24.0 Å². The van der Waals surface area contributed by atoms with Gasteiger partial charge in [0.2, 0.25) is 5.91 Å². The van der Waals surface area contributed by atoms with E-state index in [0.29, 0.717) is 0 Å². The van der Waals surface area contributed by atoms with Crippen molar-refractivity contribution in [1.82, 2.24) is 5.32 Å². The van der Waals surface area contributed by atoms with Crippen molar-refractivity contribution in [2.24, 2.45) is 10.2 Å². The lowest BCUT2D eigenvalue weighted by Gasteiger charge is -1.97. The van der Waals surface area contributed by atoms with Gasteiger partial charge in [-0.15, -0.1) is 5.10 Å². The van der Waals surface area contributed by atoms with Gasteiger partial charge in [-0.05, 0) is 6.07 Å². The minimum atomic E-state index is -1.09. The molecule has 10 nitrogen and oxygen atoms in total. The van der Waals surface area contributed by atoms with Crippen molar-refractivity contribution in [3.05, 3.63) is 28.0 Å². The molecule has 0 bridgehead atoms. The molecule has 0 saturated carbocycles. The van der Waals surface area contributed by atoms with E-state index in [0.717, 1.165) is 18.0 Å². The maximum Gasteiger partial charge on any atom is 0.433 e. The maximum absolute atomic E-state index is 11.4. The van der Waals surface area contributed by atoms with E-state index in [9.17, 15) is 19.7 Å². The highest BCUT2D eigenvalue weighted by Crippen LogP contribution is 2.22. The summed E-state index contributed by atoms with van der Waals surface area (Å²) in [5, 5.41) is 28.1. The molecule has 1 aromatic rings. The van der Waals surface area contributed by atoms with Gasteiger partial charge < -0.3 is 14.8 Å². The second-order valence-corrected chi connectivity index (χ2v) is 4.97. The molecular formula is C10H8N4O6S.